The Morgan fingerprint density at radius 1 is 0.972 bits per heavy atom. The molecule has 4 N–H and O–H groups in total. The van der Waals surface area contributed by atoms with Crippen LogP contribution in [0.15, 0.2) is 48.5 Å². The number of anilines is 1. The Morgan fingerprint density at radius 3 is 2.44 bits per heavy atom. The van der Waals surface area contributed by atoms with Gasteiger partial charge in [-0.25, -0.2) is 0 Å². The molecule has 8 heteroatoms. The predicted molar refractivity (Wildman–Crippen MR) is 142 cm³/mol. The van der Waals surface area contributed by atoms with Crippen LogP contribution in [-0.2, 0) is 22.6 Å². The zero-order valence-electron chi connectivity index (χ0n) is 20.4. The van der Waals surface area contributed by atoms with Crippen molar-refractivity contribution in [1.29, 1.82) is 0 Å². The molecule has 1 saturated carbocycles. The number of rotatable bonds is 7. The van der Waals surface area contributed by atoms with E-state index in [0.717, 1.165) is 49.8 Å². The van der Waals surface area contributed by atoms with E-state index in [1.807, 2.05) is 24.3 Å². The Bertz CT molecular complexity index is 1100. The maximum atomic E-state index is 13.2. The van der Waals surface area contributed by atoms with Crippen LogP contribution in [0.4, 0.5) is 5.69 Å². The van der Waals surface area contributed by atoms with Gasteiger partial charge in [-0.05, 0) is 68.6 Å². The number of halogens is 1. The lowest BCUT2D eigenvalue weighted by Crippen LogP contribution is -2.52. The van der Waals surface area contributed by atoms with Crippen LogP contribution in [0.3, 0.4) is 0 Å². The normalized spacial score (nSPS) is 24.5. The Balaban J connectivity index is 0.00000304. The lowest BCUT2D eigenvalue weighted by Gasteiger charge is -2.34. The standard InChI is InChI=1S/C28H34N4O3.ClH/c29-20-12-10-19(11-13-20)23(14-9-18-5-2-1-3-6-18)30-24-8-4-7-21-22(24)17-32(28(21)35)25-15-16-26(33)31-27(25)34;/h1-8,19-20,23,25,30H,9-17,29H2,(H,31,33,34);1H/t19?,20?,23-,25-;/m1./s1. The molecule has 2 aliphatic heterocycles. The first-order chi connectivity index (χ1) is 17.0. The molecule has 0 unspecified atom stereocenters. The second-order valence-electron chi connectivity index (χ2n) is 10.2. The third kappa shape index (κ3) is 5.57. The van der Waals surface area contributed by atoms with Crippen LogP contribution in [0.5, 0.6) is 0 Å². The van der Waals surface area contributed by atoms with Crippen molar-refractivity contribution in [1.82, 2.24) is 10.2 Å². The Hall–Kier alpha value is -2.90. The van der Waals surface area contributed by atoms with Crippen LogP contribution in [-0.4, -0.2) is 40.7 Å². The molecular formula is C28H35ClN4O3. The summed E-state index contributed by atoms with van der Waals surface area (Å²) in [6.45, 7) is 0.380. The summed E-state index contributed by atoms with van der Waals surface area (Å²) in [6.07, 6.45) is 6.90. The average Bonchev–Trinajstić information content (AvgIpc) is 3.20. The first-order valence-corrected chi connectivity index (χ1v) is 12.8. The molecule has 3 aliphatic rings. The van der Waals surface area contributed by atoms with E-state index in [0.29, 0.717) is 30.5 Å². The monoisotopic (exact) mass is 510 g/mol. The highest BCUT2D eigenvalue weighted by Crippen LogP contribution is 2.35. The Morgan fingerprint density at radius 2 is 1.72 bits per heavy atom. The number of nitrogens with one attached hydrogen (secondary N) is 2. The molecule has 3 amide bonds. The minimum absolute atomic E-state index is 0. The third-order valence-corrected chi connectivity index (χ3v) is 7.90. The number of nitrogens with two attached hydrogens (primary N) is 1. The van der Waals surface area contributed by atoms with Crippen molar-refractivity contribution in [3.05, 3.63) is 65.2 Å². The highest BCUT2D eigenvalue weighted by atomic mass is 35.5. The fraction of sp³-hybridized carbons (Fsp3) is 0.464. The van der Waals surface area contributed by atoms with Gasteiger partial charge in [0.2, 0.25) is 11.8 Å². The molecule has 2 atom stereocenters. The SMILES string of the molecule is Cl.NC1CCC([C@@H](CCc2ccccc2)Nc2cccc3c2CN([C@@H]2CCC(=O)NC2=O)C3=O)CC1. The van der Waals surface area contributed by atoms with E-state index in [4.69, 9.17) is 5.73 Å². The van der Waals surface area contributed by atoms with Crippen molar-refractivity contribution >= 4 is 35.8 Å². The van der Waals surface area contributed by atoms with E-state index in [1.54, 1.807) is 4.90 Å². The summed E-state index contributed by atoms with van der Waals surface area (Å²) in [7, 11) is 0. The largest absolute Gasteiger partial charge is 0.382 e. The smallest absolute Gasteiger partial charge is 0.255 e. The van der Waals surface area contributed by atoms with Crippen LogP contribution >= 0.6 is 12.4 Å². The second kappa shape index (κ2) is 11.4. The number of imide groups is 1. The van der Waals surface area contributed by atoms with Crippen LogP contribution in [0.2, 0.25) is 0 Å². The molecule has 2 aromatic carbocycles. The van der Waals surface area contributed by atoms with E-state index in [-0.39, 0.29) is 42.6 Å². The molecule has 2 fully saturated rings. The van der Waals surface area contributed by atoms with Crippen molar-refractivity contribution in [3.8, 4) is 0 Å². The van der Waals surface area contributed by atoms with E-state index in [2.05, 4.69) is 34.9 Å². The number of carbonyl (C=O) groups excluding carboxylic acids is 3. The number of carbonyl (C=O) groups is 3. The topological polar surface area (TPSA) is 105 Å². The van der Waals surface area contributed by atoms with Crippen LogP contribution in [0, 0.1) is 5.92 Å². The van der Waals surface area contributed by atoms with Gasteiger partial charge in [0.25, 0.3) is 5.91 Å². The fourth-order valence-electron chi connectivity index (χ4n) is 5.86. The number of hydrogen-bond acceptors (Lipinski definition) is 5. The van der Waals surface area contributed by atoms with Gasteiger partial charge in [0.1, 0.15) is 6.04 Å². The summed E-state index contributed by atoms with van der Waals surface area (Å²) >= 11 is 0. The molecular weight excluding hydrogens is 476 g/mol. The van der Waals surface area contributed by atoms with Crippen molar-refractivity contribution in [2.24, 2.45) is 11.7 Å². The molecule has 1 aliphatic carbocycles. The highest BCUT2D eigenvalue weighted by molar-refractivity contribution is 6.06. The molecule has 1 saturated heterocycles. The summed E-state index contributed by atoms with van der Waals surface area (Å²) in [6, 6.07) is 16.3. The Labute approximate surface area is 218 Å². The molecule has 2 heterocycles. The van der Waals surface area contributed by atoms with Gasteiger partial charge in [-0.15, -0.1) is 12.4 Å². The number of hydrogen-bond donors (Lipinski definition) is 3. The molecule has 192 valence electrons. The van der Waals surface area contributed by atoms with Crippen molar-refractivity contribution in [2.75, 3.05) is 5.32 Å². The van der Waals surface area contributed by atoms with Crippen molar-refractivity contribution < 1.29 is 14.4 Å². The van der Waals surface area contributed by atoms with E-state index in [9.17, 15) is 14.4 Å². The number of amides is 3. The van der Waals surface area contributed by atoms with Crippen LogP contribution in [0.1, 0.15) is 66.4 Å². The van der Waals surface area contributed by atoms with Gasteiger partial charge < -0.3 is 16.0 Å². The van der Waals surface area contributed by atoms with E-state index < -0.39 is 6.04 Å². The first-order valence-electron chi connectivity index (χ1n) is 12.8. The van der Waals surface area contributed by atoms with E-state index >= 15 is 0 Å². The molecule has 0 spiro atoms. The average molecular weight is 511 g/mol. The minimum Gasteiger partial charge on any atom is -0.382 e. The van der Waals surface area contributed by atoms with Gasteiger partial charge in [-0.1, -0.05) is 36.4 Å². The van der Waals surface area contributed by atoms with Gasteiger partial charge in [0, 0.05) is 41.9 Å². The van der Waals surface area contributed by atoms with Gasteiger partial charge >= 0.3 is 0 Å². The summed E-state index contributed by atoms with van der Waals surface area (Å²) in [5.74, 6) is -0.261. The molecule has 5 rings (SSSR count). The van der Waals surface area contributed by atoms with Crippen molar-refractivity contribution in [2.45, 2.75) is 76.0 Å². The maximum absolute atomic E-state index is 13.2. The molecule has 2 aromatic rings. The number of piperidine rings is 1. The number of benzene rings is 2. The second-order valence-corrected chi connectivity index (χ2v) is 10.2. The molecule has 7 nitrogen and oxygen atoms in total. The zero-order valence-corrected chi connectivity index (χ0v) is 21.3. The molecule has 36 heavy (non-hydrogen) atoms. The molecule has 0 aromatic heterocycles. The quantitative estimate of drug-likeness (QED) is 0.491. The summed E-state index contributed by atoms with van der Waals surface area (Å²) in [4.78, 5) is 38.9. The van der Waals surface area contributed by atoms with Gasteiger partial charge in [0.05, 0.1) is 0 Å². The molecule has 0 radical (unpaired) electrons. The summed E-state index contributed by atoms with van der Waals surface area (Å²) in [5.41, 5.74) is 10.1. The number of nitrogens with zero attached hydrogens (tertiary/aromatic N) is 1. The summed E-state index contributed by atoms with van der Waals surface area (Å²) < 4.78 is 0. The Kier molecular flexibility index (Phi) is 8.32. The van der Waals surface area contributed by atoms with Gasteiger partial charge in [0.15, 0.2) is 0 Å². The molecule has 0 bridgehead atoms. The fourth-order valence-corrected chi connectivity index (χ4v) is 5.86. The van der Waals surface area contributed by atoms with Gasteiger partial charge in [-0.2, -0.15) is 0 Å². The maximum Gasteiger partial charge on any atom is 0.255 e. The summed E-state index contributed by atoms with van der Waals surface area (Å²) in [5, 5.41) is 6.20. The van der Waals surface area contributed by atoms with Gasteiger partial charge in [-0.3, -0.25) is 19.7 Å². The van der Waals surface area contributed by atoms with Crippen LogP contribution < -0.4 is 16.4 Å². The van der Waals surface area contributed by atoms with Crippen LogP contribution in [0.25, 0.3) is 0 Å². The number of aryl methyl sites for hydroxylation is 1. The zero-order chi connectivity index (χ0) is 24.4. The van der Waals surface area contributed by atoms with Crippen molar-refractivity contribution in [3.63, 3.8) is 0 Å². The highest BCUT2D eigenvalue weighted by Gasteiger charge is 2.40. The predicted octanol–water partition coefficient (Wildman–Crippen LogP) is 3.80. The lowest BCUT2D eigenvalue weighted by molar-refractivity contribution is -0.136. The van der Waals surface area contributed by atoms with E-state index in [1.165, 1.54) is 5.56 Å². The number of fused-ring (bicyclic) bond motifs is 1. The first kappa shape index (κ1) is 26.2. The third-order valence-electron chi connectivity index (χ3n) is 7.90. The minimum atomic E-state index is -0.603. The lowest BCUT2D eigenvalue weighted by atomic mass is 9.80.